The molecule has 28 heavy (non-hydrogen) atoms. The minimum absolute atomic E-state index is 0.122. The number of piperazine rings is 1. The lowest BCUT2D eigenvalue weighted by molar-refractivity contribution is -0.138. The van der Waals surface area contributed by atoms with Gasteiger partial charge in [0.1, 0.15) is 0 Å². The van der Waals surface area contributed by atoms with Gasteiger partial charge in [0, 0.05) is 38.3 Å². The van der Waals surface area contributed by atoms with E-state index in [4.69, 9.17) is 11.6 Å². The van der Waals surface area contributed by atoms with Gasteiger partial charge in [-0.15, -0.1) is 0 Å². The number of nitrogens with zero attached hydrogens (tertiary/aromatic N) is 2. The smallest absolute Gasteiger partial charge is 0.417 e. The van der Waals surface area contributed by atoms with E-state index in [1.807, 2.05) is 4.90 Å². The average Bonchev–Trinajstić information content (AvgIpc) is 2.65. The molecule has 1 fully saturated rings. The molecule has 1 heterocycles. The first-order chi connectivity index (χ1) is 13.0. The van der Waals surface area contributed by atoms with Crippen molar-refractivity contribution in [3.05, 3.63) is 40.4 Å². The highest BCUT2D eigenvalue weighted by Gasteiger charge is 2.36. The Labute approximate surface area is 166 Å². The fourth-order valence-corrected chi connectivity index (χ4v) is 4.37. The molecule has 0 aliphatic carbocycles. The summed E-state index contributed by atoms with van der Waals surface area (Å²) < 4.78 is 70.2. The number of hydrogen-bond acceptors (Lipinski definition) is 5. The van der Waals surface area contributed by atoms with Crippen LogP contribution in [0, 0.1) is 0 Å². The van der Waals surface area contributed by atoms with Gasteiger partial charge in [-0.25, -0.2) is 13.2 Å². The third kappa shape index (κ3) is 5.25. The van der Waals surface area contributed by atoms with E-state index >= 15 is 0 Å². The molecule has 0 atom stereocenters. The number of sulfonamides is 1. The van der Waals surface area contributed by atoms with E-state index < -0.39 is 37.7 Å². The van der Waals surface area contributed by atoms with Gasteiger partial charge in [0.15, 0.2) is 0 Å². The molecule has 1 aromatic rings. The highest BCUT2D eigenvalue weighted by Crippen LogP contribution is 2.36. The summed E-state index contributed by atoms with van der Waals surface area (Å²) in [6.07, 6.45) is -3.06. The van der Waals surface area contributed by atoms with Gasteiger partial charge in [0.25, 0.3) is 0 Å². The summed E-state index contributed by atoms with van der Waals surface area (Å²) in [5.74, 6) is -0.440. The third-order valence-electron chi connectivity index (χ3n) is 4.38. The van der Waals surface area contributed by atoms with Crippen LogP contribution in [0.5, 0.6) is 0 Å². The quantitative estimate of drug-likeness (QED) is 0.520. The van der Waals surface area contributed by atoms with Gasteiger partial charge in [0.2, 0.25) is 10.0 Å². The number of benzene rings is 1. The van der Waals surface area contributed by atoms with Crippen LogP contribution in [-0.2, 0) is 25.7 Å². The van der Waals surface area contributed by atoms with Gasteiger partial charge in [-0.2, -0.15) is 17.5 Å². The summed E-state index contributed by atoms with van der Waals surface area (Å²) in [7, 11) is -2.79. The molecule has 156 valence electrons. The van der Waals surface area contributed by atoms with Crippen molar-refractivity contribution in [2.75, 3.05) is 39.8 Å². The van der Waals surface area contributed by atoms with Crippen molar-refractivity contribution in [2.45, 2.75) is 18.0 Å². The Morgan fingerprint density at radius 1 is 1.25 bits per heavy atom. The van der Waals surface area contributed by atoms with Gasteiger partial charge in [0.05, 0.1) is 22.6 Å². The molecule has 0 spiro atoms. The standard InChI is InChI=1S/C17H20ClF3N2O4S/c1-12(16(24)27-2)5-6-22-7-9-23(10-8-22)28(25,26)13-3-4-15(18)14(11-13)17(19,20)21/h3-5,11H,6-10H2,1-2H3. The Morgan fingerprint density at radius 3 is 2.39 bits per heavy atom. The van der Waals surface area contributed by atoms with Crippen molar-refractivity contribution in [3.8, 4) is 0 Å². The minimum Gasteiger partial charge on any atom is -0.466 e. The van der Waals surface area contributed by atoms with E-state index in [-0.39, 0.29) is 13.1 Å². The molecule has 0 amide bonds. The zero-order valence-corrected chi connectivity index (χ0v) is 16.9. The van der Waals surface area contributed by atoms with Gasteiger partial charge >= 0.3 is 12.1 Å². The minimum atomic E-state index is -4.74. The first kappa shape index (κ1) is 22.7. The molecule has 6 nitrogen and oxygen atoms in total. The maximum atomic E-state index is 13.0. The predicted molar refractivity (Wildman–Crippen MR) is 97.4 cm³/mol. The van der Waals surface area contributed by atoms with Crippen LogP contribution >= 0.6 is 11.6 Å². The number of methoxy groups -OCH3 is 1. The van der Waals surface area contributed by atoms with Crippen LogP contribution in [0.15, 0.2) is 34.7 Å². The molecule has 1 aromatic carbocycles. The number of hydrogen-bond donors (Lipinski definition) is 0. The summed E-state index contributed by atoms with van der Waals surface area (Å²) >= 11 is 5.56. The number of esters is 1. The van der Waals surface area contributed by atoms with Gasteiger partial charge in [-0.3, -0.25) is 4.90 Å². The van der Waals surface area contributed by atoms with Gasteiger partial charge in [-0.1, -0.05) is 17.7 Å². The van der Waals surface area contributed by atoms with E-state index in [0.29, 0.717) is 31.3 Å². The normalized spacial score (nSPS) is 17.6. The summed E-state index contributed by atoms with van der Waals surface area (Å²) in [5, 5.41) is -0.552. The Bertz CT molecular complexity index is 864. The molecular weight excluding hydrogens is 421 g/mol. The monoisotopic (exact) mass is 440 g/mol. The zero-order chi connectivity index (χ0) is 21.1. The van der Waals surface area contributed by atoms with Crippen LogP contribution in [0.25, 0.3) is 0 Å². The third-order valence-corrected chi connectivity index (χ3v) is 6.60. The molecule has 11 heteroatoms. The molecule has 0 saturated carbocycles. The fraction of sp³-hybridized carbons (Fsp3) is 0.471. The first-order valence-electron chi connectivity index (χ1n) is 8.31. The van der Waals surface area contributed by atoms with Gasteiger partial charge < -0.3 is 4.74 Å². The van der Waals surface area contributed by atoms with Crippen LogP contribution in [0.3, 0.4) is 0 Å². The molecule has 0 N–H and O–H groups in total. The largest absolute Gasteiger partial charge is 0.466 e. The molecule has 2 rings (SSSR count). The van der Waals surface area contributed by atoms with E-state index in [9.17, 15) is 26.4 Å². The fourth-order valence-electron chi connectivity index (χ4n) is 2.69. The number of carbonyl (C=O) groups is 1. The van der Waals surface area contributed by atoms with E-state index in [0.717, 1.165) is 16.4 Å². The van der Waals surface area contributed by atoms with E-state index in [1.165, 1.54) is 7.11 Å². The Hall–Kier alpha value is -1.62. The second-order valence-corrected chi connectivity index (χ2v) is 8.57. The molecule has 0 radical (unpaired) electrons. The second kappa shape index (κ2) is 8.81. The summed E-state index contributed by atoms with van der Waals surface area (Å²) in [6, 6.07) is 2.57. The van der Waals surface area contributed by atoms with Crippen LogP contribution in [0.2, 0.25) is 5.02 Å². The van der Waals surface area contributed by atoms with E-state index in [1.54, 1.807) is 13.0 Å². The van der Waals surface area contributed by atoms with Crippen molar-refractivity contribution in [3.63, 3.8) is 0 Å². The first-order valence-corrected chi connectivity index (χ1v) is 10.1. The number of carbonyl (C=O) groups excluding carboxylic acids is 1. The Balaban J connectivity index is 2.09. The van der Waals surface area contributed by atoms with Gasteiger partial charge in [-0.05, 0) is 25.1 Å². The van der Waals surface area contributed by atoms with E-state index in [2.05, 4.69) is 4.74 Å². The maximum absolute atomic E-state index is 13.0. The number of rotatable bonds is 5. The number of alkyl halides is 3. The Kier molecular flexibility index (Phi) is 7.13. The lowest BCUT2D eigenvalue weighted by Crippen LogP contribution is -2.48. The van der Waals surface area contributed by atoms with Crippen molar-refractivity contribution in [1.29, 1.82) is 0 Å². The molecular formula is C17H20ClF3N2O4S. The van der Waals surface area contributed by atoms with Crippen molar-refractivity contribution in [1.82, 2.24) is 9.21 Å². The second-order valence-electron chi connectivity index (χ2n) is 6.22. The summed E-state index contributed by atoms with van der Waals surface area (Å²) in [6.45, 7) is 3.06. The SMILES string of the molecule is COC(=O)C(C)=CCN1CCN(S(=O)(=O)c2ccc(Cl)c(C(F)(F)F)c2)CC1. The van der Waals surface area contributed by atoms with Crippen LogP contribution < -0.4 is 0 Å². The number of halogens is 4. The number of ether oxygens (including phenoxy) is 1. The molecule has 0 aromatic heterocycles. The predicted octanol–water partition coefficient (Wildman–Crippen LogP) is 2.78. The average molecular weight is 441 g/mol. The van der Waals surface area contributed by atoms with Crippen LogP contribution in [0.1, 0.15) is 12.5 Å². The highest BCUT2D eigenvalue weighted by molar-refractivity contribution is 7.89. The summed E-state index contributed by atoms with van der Waals surface area (Å²) in [4.78, 5) is 12.8. The maximum Gasteiger partial charge on any atom is 0.417 e. The molecule has 1 saturated heterocycles. The highest BCUT2D eigenvalue weighted by atomic mass is 35.5. The van der Waals surface area contributed by atoms with Crippen molar-refractivity contribution < 1.29 is 31.1 Å². The molecule has 1 aliphatic heterocycles. The van der Waals surface area contributed by atoms with Crippen molar-refractivity contribution in [2.24, 2.45) is 0 Å². The van der Waals surface area contributed by atoms with Crippen LogP contribution in [0.4, 0.5) is 13.2 Å². The van der Waals surface area contributed by atoms with Crippen LogP contribution in [-0.4, -0.2) is 63.4 Å². The molecule has 1 aliphatic rings. The summed E-state index contributed by atoms with van der Waals surface area (Å²) in [5.41, 5.74) is -0.740. The zero-order valence-electron chi connectivity index (χ0n) is 15.3. The topological polar surface area (TPSA) is 66.9 Å². The van der Waals surface area contributed by atoms with Crippen molar-refractivity contribution >= 4 is 27.6 Å². The Morgan fingerprint density at radius 2 is 1.86 bits per heavy atom. The lowest BCUT2D eigenvalue weighted by atomic mass is 10.2. The molecule has 0 bridgehead atoms. The molecule has 0 unspecified atom stereocenters. The lowest BCUT2D eigenvalue weighted by Gasteiger charge is -2.33.